The molecule has 0 saturated carbocycles. The molecule has 2 heterocycles. The molecule has 0 saturated heterocycles. The third-order valence-electron chi connectivity index (χ3n) is 4.92. The first-order valence-corrected chi connectivity index (χ1v) is 12.5. The number of hydrogen-bond donors (Lipinski definition) is 5. The van der Waals surface area contributed by atoms with Crippen LogP contribution in [-0.2, 0) is 38.4 Å². The Kier molecular flexibility index (Phi) is 8.87. The van der Waals surface area contributed by atoms with Gasteiger partial charge in [0, 0.05) is 31.7 Å². The number of anilines is 1. The van der Waals surface area contributed by atoms with Crippen LogP contribution in [0.4, 0.5) is 5.00 Å². The Hall–Kier alpha value is -3.13. The van der Waals surface area contributed by atoms with Gasteiger partial charge in [-0.15, -0.1) is 21.5 Å². The van der Waals surface area contributed by atoms with Gasteiger partial charge in [0.05, 0.1) is 17.2 Å². The van der Waals surface area contributed by atoms with E-state index in [0.717, 1.165) is 48.0 Å². The zero-order chi connectivity index (χ0) is 24.7. The number of amides is 3. The van der Waals surface area contributed by atoms with E-state index in [1.807, 2.05) is 0 Å². The van der Waals surface area contributed by atoms with Crippen molar-refractivity contribution in [1.82, 2.24) is 25.7 Å². The van der Waals surface area contributed by atoms with Crippen molar-refractivity contribution in [1.29, 1.82) is 0 Å². The molecule has 5 N–H and O–H groups in total. The van der Waals surface area contributed by atoms with Crippen molar-refractivity contribution < 1.29 is 24.3 Å². The van der Waals surface area contributed by atoms with E-state index in [0.29, 0.717) is 23.9 Å². The number of carbonyl (C=O) groups excluding carboxylic acids is 3. The average Bonchev–Trinajstić information content (AvgIpc) is 3.31. The zero-order valence-electron chi connectivity index (χ0n) is 18.9. The average molecular weight is 510 g/mol. The number of hydrogen-bond acceptors (Lipinski definition) is 9. The van der Waals surface area contributed by atoms with Crippen LogP contribution in [-0.4, -0.2) is 56.0 Å². The van der Waals surface area contributed by atoms with Crippen LogP contribution in [0.25, 0.3) is 0 Å². The van der Waals surface area contributed by atoms with Gasteiger partial charge in [-0.25, -0.2) is 4.68 Å². The molecule has 0 atom stereocenters. The van der Waals surface area contributed by atoms with Gasteiger partial charge in [0.25, 0.3) is 0 Å². The maximum atomic E-state index is 11.9. The number of carboxylic acid groups (broad SMARTS) is 1. The SMILES string of the molecule is CC(=O)NNC(=O)CSc1nnc(Cc2c(NCCC(=O)O)sc3c2CCCC3)n1NC(C)=O. The number of carboxylic acids is 1. The number of aryl methyl sites for hydroxylation is 1. The predicted molar refractivity (Wildman–Crippen MR) is 127 cm³/mol. The lowest BCUT2D eigenvalue weighted by atomic mass is 9.94. The summed E-state index contributed by atoms with van der Waals surface area (Å²) in [6, 6.07) is 0. The van der Waals surface area contributed by atoms with Gasteiger partial charge in [0.15, 0.2) is 5.82 Å². The third kappa shape index (κ3) is 6.93. The van der Waals surface area contributed by atoms with Crippen molar-refractivity contribution in [3.05, 3.63) is 21.8 Å². The number of thioether (sulfide) groups is 1. The Morgan fingerprint density at radius 2 is 1.85 bits per heavy atom. The summed E-state index contributed by atoms with van der Waals surface area (Å²) < 4.78 is 1.46. The highest BCUT2D eigenvalue weighted by atomic mass is 32.2. The Bertz CT molecular complexity index is 1080. The first kappa shape index (κ1) is 25.5. The molecule has 14 heteroatoms. The summed E-state index contributed by atoms with van der Waals surface area (Å²) >= 11 is 2.71. The number of nitrogens with one attached hydrogen (secondary N) is 4. The summed E-state index contributed by atoms with van der Waals surface area (Å²) in [7, 11) is 0. The fourth-order valence-corrected chi connectivity index (χ4v) is 5.55. The molecule has 0 radical (unpaired) electrons. The number of hydrazine groups is 1. The first-order chi connectivity index (χ1) is 16.2. The van der Waals surface area contributed by atoms with Crippen molar-refractivity contribution in [2.24, 2.45) is 0 Å². The molecule has 0 fully saturated rings. The van der Waals surface area contributed by atoms with Gasteiger partial charge in [0.2, 0.25) is 22.9 Å². The number of carbonyl (C=O) groups is 4. The zero-order valence-corrected chi connectivity index (χ0v) is 20.5. The summed E-state index contributed by atoms with van der Waals surface area (Å²) in [6.45, 7) is 2.96. The normalized spacial score (nSPS) is 12.5. The number of aromatic nitrogens is 3. The highest BCUT2D eigenvalue weighted by molar-refractivity contribution is 7.99. The van der Waals surface area contributed by atoms with Gasteiger partial charge in [-0.1, -0.05) is 11.8 Å². The van der Waals surface area contributed by atoms with Crippen LogP contribution in [0.2, 0.25) is 0 Å². The van der Waals surface area contributed by atoms with Gasteiger partial charge >= 0.3 is 5.97 Å². The molecule has 2 aromatic rings. The van der Waals surface area contributed by atoms with Gasteiger partial charge in [-0.3, -0.25) is 35.5 Å². The summed E-state index contributed by atoms with van der Waals surface area (Å²) in [5.74, 6) is -1.58. The van der Waals surface area contributed by atoms with E-state index in [2.05, 4.69) is 31.8 Å². The fraction of sp³-hybridized carbons (Fsp3) is 0.500. The van der Waals surface area contributed by atoms with Crippen molar-refractivity contribution in [2.45, 2.75) is 57.5 Å². The molecule has 0 unspecified atom stereocenters. The van der Waals surface area contributed by atoms with Crippen molar-refractivity contribution in [2.75, 3.05) is 23.0 Å². The Morgan fingerprint density at radius 1 is 1.09 bits per heavy atom. The Balaban J connectivity index is 1.82. The maximum Gasteiger partial charge on any atom is 0.305 e. The molecule has 0 bridgehead atoms. The standard InChI is InChI=1S/C20H27N7O5S2/c1-11(28)22-24-17(30)10-33-20-25-23-16(27(20)26-12(2)29)9-14-13-5-3-4-6-15(13)34-19(14)21-8-7-18(31)32/h21H,3-10H2,1-2H3,(H,22,28)(H,24,30)(H,26,29)(H,31,32). The maximum absolute atomic E-state index is 11.9. The molecule has 12 nitrogen and oxygen atoms in total. The summed E-state index contributed by atoms with van der Waals surface area (Å²) in [4.78, 5) is 47.0. The fourth-order valence-electron chi connectivity index (χ4n) is 3.50. The molecule has 0 aromatic carbocycles. The number of thiophene rings is 1. The summed E-state index contributed by atoms with van der Waals surface area (Å²) in [5, 5.41) is 21.9. The van der Waals surface area contributed by atoms with Crippen LogP contribution in [0.15, 0.2) is 5.16 Å². The third-order valence-corrected chi connectivity index (χ3v) is 7.14. The van der Waals surface area contributed by atoms with Crippen LogP contribution in [0.1, 0.15) is 54.9 Å². The number of rotatable bonds is 10. The lowest BCUT2D eigenvalue weighted by molar-refractivity contribution is -0.136. The minimum atomic E-state index is -0.870. The van der Waals surface area contributed by atoms with E-state index < -0.39 is 17.8 Å². The van der Waals surface area contributed by atoms with E-state index in [1.54, 1.807) is 11.3 Å². The van der Waals surface area contributed by atoms with E-state index in [4.69, 9.17) is 5.11 Å². The molecule has 0 spiro atoms. The first-order valence-electron chi connectivity index (χ1n) is 10.7. The molecular formula is C20H27N7O5S2. The second-order valence-corrected chi connectivity index (χ2v) is 9.73. The van der Waals surface area contributed by atoms with Gasteiger partial charge in [0.1, 0.15) is 0 Å². The second kappa shape index (κ2) is 11.8. The highest BCUT2D eigenvalue weighted by Gasteiger charge is 2.24. The minimum Gasteiger partial charge on any atom is -0.481 e. The van der Waals surface area contributed by atoms with E-state index >= 15 is 0 Å². The lowest BCUT2D eigenvalue weighted by Crippen LogP contribution is -2.41. The number of aliphatic carboxylic acids is 1. The van der Waals surface area contributed by atoms with Crippen molar-refractivity contribution in [3.63, 3.8) is 0 Å². The highest BCUT2D eigenvalue weighted by Crippen LogP contribution is 2.39. The Labute approximate surface area is 204 Å². The molecule has 1 aliphatic carbocycles. The number of nitrogens with zero attached hydrogens (tertiary/aromatic N) is 3. The van der Waals surface area contributed by atoms with E-state index in [1.165, 1.54) is 29.0 Å². The Morgan fingerprint density at radius 3 is 2.56 bits per heavy atom. The smallest absolute Gasteiger partial charge is 0.305 e. The molecule has 184 valence electrons. The molecule has 3 rings (SSSR count). The van der Waals surface area contributed by atoms with Crippen LogP contribution >= 0.6 is 23.1 Å². The van der Waals surface area contributed by atoms with Crippen molar-refractivity contribution in [3.8, 4) is 0 Å². The van der Waals surface area contributed by atoms with Crippen LogP contribution in [0, 0.1) is 0 Å². The van der Waals surface area contributed by atoms with Crippen LogP contribution in [0.3, 0.4) is 0 Å². The molecule has 1 aliphatic rings. The summed E-state index contributed by atoms with van der Waals surface area (Å²) in [5.41, 5.74) is 9.47. The largest absolute Gasteiger partial charge is 0.481 e. The molecule has 2 aromatic heterocycles. The van der Waals surface area contributed by atoms with E-state index in [-0.39, 0.29) is 18.1 Å². The topological polar surface area (TPSA) is 167 Å². The molecular weight excluding hydrogens is 482 g/mol. The molecule has 3 amide bonds. The van der Waals surface area contributed by atoms with Gasteiger partial charge in [-0.05, 0) is 36.8 Å². The van der Waals surface area contributed by atoms with E-state index in [9.17, 15) is 19.2 Å². The van der Waals surface area contributed by atoms with Gasteiger partial charge < -0.3 is 10.4 Å². The minimum absolute atomic E-state index is 0.00538. The quantitative estimate of drug-likeness (QED) is 0.232. The van der Waals surface area contributed by atoms with Crippen LogP contribution in [0.5, 0.6) is 0 Å². The second-order valence-electron chi connectivity index (χ2n) is 7.69. The van der Waals surface area contributed by atoms with Crippen LogP contribution < -0.4 is 21.6 Å². The monoisotopic (exact) mass is 509 g/mol. The molecule has 34 heavy (non-hydrogen) atoms. The summed E-state index contributed by atoms with van der Waals surface area (Å²) in [6.07, 6.45) is 4.50. The molecule has 0 aliphatic heterocycles. The van der Waals surface area contributed by atoms with Gasteiger partial charge in [-0.2, -0.15) is 0 Å². The number of fused-ring (bicyclic) bond motifs is 1. The lowest BCUT2D eigenvalue weighted by Gasteiger charge is -2.14. The van der Waals surface area contributed by atoms with Crippen molar-refractivity contribution >= 4 is 51.8 Å². The predicted octanol–water partition coefficient (Wildman–Crippen LogP) is 1.05.